The van der Waals surface area contributed by atoms with Crippen molar-refractivity contribution in [2.24, 2.45) is 11.7 Å². The molecule has 1 unspecified atom stereocenters. The van der Waals surface area contributed by atoms with Gasteiger partial charge in [0.25, 0.3) is 0 Å². The molecule has 2 aromatic carbocycles. The fourth-order valence-electron chi connectivity index (χ4n) is 5.57. The maximum atomic E-state index is 14.2. The van der Waals surface area contributed by atoms with Crippen LogP contribution in [0.1, 0.15) is 58.1 Å². The van der Waals surface area contributed by atoms with Crippen LogP contribution in [0, 0.1) is 5.92 Å². The first-order chi connectivity index (χ1) is 20.9. The van der Waals surface area contributed by atoms with E-state index in [2.05, 4.69) is 17.4 Å². The van der Waals surface area contributed by atoms with E-state index >= 15 is 0 Å². The van der Waals surface area contributed by atoms with Crippen molar-refractivity contribution in [2.75, 3.05) is 26.3 Å². The molecule has 0 radical (unpaired) electrons. The molecule has 2 fully saturated rings. The van der Waals surface area contributed by atoms with Gasteiger partial charge in [-0.05, 0) is 58.1 Å². The Morgan fingerprint density at radius 3 is 2.07 bits per heavy atom. The minimum Gasteiger partial charge on any atom is -0.445 e. The number of rotatable bonds is 13. The lowest BCUT2D eigenvalue weighted by atomic mass is 9.74. The SMILES string of the molecule is CC1(C)OB([C@H](CCCc2ccccc2)NC(=O)[C@H](CC(=O)N2CCOCC2)C(Cc2ccccc2)OC(N)=O)OC1(C)C. The van der Waals surface area contributed by atoms with E-state index in [0.717, 1.165) is 18.4 Å². The number of ether oxygens (including phenoxy) is 2. The van der Waals surface area contributed by atoms with Crippen LogP contribution in [0.4, 0.5) is 4.79 Å². The largest absolute Gasteiger partial charge is 0.481 e. The zero-order valence-corrected chi connectivity index (χ0v) is 26.3. The van der Waals surface area contributed by atoms with Crippen molar-refractivity contribution in [3.8, 4) is 0 Å². The summed E-state index contributed by atoms with van der Waals surface area (Å²) < 4.78 is 23.7. The molecule has 11 heteroatoms. The Balaban J connectivity index is 1.59. The van der Waals surface area contributed by atoms with E-state index in [1.807, 2.05) is 76.2 Å². The third-order valence-corrected chi connectivity index (χ3v) is 8.84. The maximum absolute atomic E-state index is 14.2. The van der Waals surface area contributed by atoms with Crippen LogP contribution in [0.5, 0.6) is 0 Å². The Hall–Kier alpha value is -3.41. The molecule has 2 heterocycles. The van der Waals surface area contributed by atoms with Crippen LogP contribution in [-0.4, -0.2) is 79.5 Å². The number of nitrogens with two attached hydrogens (primary N) is 1. The first-order valence-electron chi connectivity index (χ1n) is 15.5. The summed E-state index contributed by atoms with van der Waals surface area (Å²) in [7, 11) is -0.708. The van der Waals surface area contributed by atoms with E-state index in [1.54, 1.807) is 4.90 Å². The molecule has 3 atom stereocenters. The zero-order chi connectivity index (χ0) is 31.7. The van der Waals surface area contributed by atoms with E-state index in [-0.39, 0.29) is 18.7 Å². The van der Waals surface area contributed by atoms with Crippen LogP contribution in [0.15, 0.2) is 60.7 Å². The highest BCUT2D eigenvalue weighted by atomic mass is 16.7. The number of nitrogens with one attached hydrogen (secondary N) is 1. The molecule has 0 saturated carbocycles. The lowest BCUT2D eigenvalue weighted by Gasteiger charge is -2.32. The first kappa shape index (κ1) is 33.5. The molecule has 0 spiro atoms. The van der Waals surface area contributed by atoms with Crippen molar-refractivity contribution in [3.63, 3.8) is 0 Å². The summed E-state index contributed by atoms with van der Waals surface area (Å²) >= 11 is 0. The van der Waals surface area contributed by atoms with Gasteiger partial charge in [-0.1, -0.05) is 60.7 Å². The van der Waals surface area contributed by atoms with Gasteiger partial charge in [-0.2, -0.15) is 0 Å². The van der Waals surface area contributed by atoms with Gasteiger partial charge in [0.05, 0.1) is 36.3 Å². The fraction of sp³-hybridized carbons (Fsp3) is 0.545. The summed E-state index contributed by atoms with van der Waals surface area (Å²) in [6.45, 7) is 9.60. The summed E-state index contributed by atoms with van der Waals surface area (Å²) in [4.78, 5) is 41.5. The third-order valence-electron chi connectivity index (χ3n) is 8.84. The molecular weight excluding hydrogens is 561 g/mol. The molecule has 4 rings (SSSR count). The molecule has 2 aliphatic rings. The number of primary amides is 1. The van der Waals surface area contributed by atoms with E-state index in [9.17, 15) is 14.4 Å². The van der Waals surface area contributed by atoms with Gasteiger partial charge in [0.2, 0.25) is 11.8 Å². The quantitative estimate of drug-likeness (QED) is 0.332. The number of nitrogens with zero attached hydrogens (tertiary/aromatic N) is 1. The maximum Gasteiger partial charge on any atom is 0.481 e. The number of carbonyl (C=O) groups excluding carboxylic acids is 3. The summed E-state index contributed by atoms with van der Waals surface area (Å²) in [5.74, 6) is -2.15. The van der Waals surface area contributed by atoms with Gasteiger partial charge in [0, 0.05) is 25.9 Å². The van der Waals surface area contributed by atoms with Crippen LogP contribution in [0.2, 0.25) is 0 Å². The third kappa shape index (κ3) is 9.06. The van der Waals surface area contributed by atoms with Crippen LogP contribution < -0.4 is 11.1 Å². The fourth-order valence-corrected chi connectivity index (χ4v) is 5.57. The van der Waals surface area contributed by atoms with Crippen molar-refractivity contribution in [1.82, 2.24) is 10.2 Å². The summed E-state index contributed by atoms with van der Waals surface area (Å²) in [5, 5.41) is 3.15. The molecular formula is C33H46BN3O7. The van der Waals surface area contributed by atoms with Crippen LogP contribution in [-0.2, 0) is 41.2 Å². The summed E-state index contributed by atoms with van der Waals surface area (Å²) in [6.07, 6.45) is 0.233. The van der Waals surface area contributed by atoms with Gasteiger partial charge < -0.3 is 34.7 Å². The summed E-state index contributed by atoms with van der Waals surface area (Å²) in [5.41, 5.74) is 6.34. The van der Waals surface area contributed by atoms with Gasteiger partial charge in [-0.3, -0.25) is 9.59 Å². The second-order valence-electron chi connectivity index (χ2n) is 12.6. The van der Waals surface area contributed by atoms with Crippen LogP contribution in [0.3, 0.4) is 0 Å². The van der Waals surface area contributed by atoms with Crippen molar-refractivity contribution in [1.29, 1.82) is 0 Å². The Morgan fingerprint density at radius 2 is 1.50 bits per heavy atom. The minimum absolute atomic E-state index is 0.156. The van der Waals surface area contributed by atoms with Crippen LogP contribution in [0.25, 0.3) is 0 Å². The highest BCUT2D eigenvalue weighted by Gasteiger charge is 2.54. The number of hydrogen-bond acceptors (Lipinski definition) is 7. The minimum atomic E-state index is -1.01. The zero-order valence-electron chi connectivity index (χ0n) is 26.3. The second-order valence-corrected chi connectivity index (χ2v) is 12.6. The molecule has 2 saturated heterocycles. The van der Waals surface area contributed by atoms with Crippen molar-refractivity contribution >= 4 is 25.0 Å². The molecule has 3 N–H and O–H groups in total. The highest BCUT2D eigenvalue weighted by molar-refractivity contribution is 6.48. The Morgan fingerprint density at radius 1 is 0.932 bits per heavy atom. The number of carbonyl (C=O) groups is 3. The summed E-state index contributed by atoms with van der Waals surface area (Å²) in [6, 6.07) is 19.5. The number of aryl methyl sites for hydroxylation is 1. The molecule has 44 heavy (non-hydrogen) atoms. The monoisotopic (exact) mass is 607 g/mol. The lowest BCUT2D eigenvalue weighted by Crippen LogP contribution is -2.53. The van der Waals surface area contributed by atoms with Gasteiger partial charge in [0.15, 0.2) is 0 Å². The Bertz CT molecular complexity index is 1220. The Labute approximate surface area is 261 Å². The molecule has 238 valence electrons. The molecule has 0 aliphatic carbocycles. The number of amides is 3. The van der Waals surface area contributed by atoms with Crippen LogP contribution >= 0.6 is 0 Å². The topological polar surface area (TPSA) is 129 Å². The normalized spacial score (nSPS) is 19.5. The van der Waals surface area contributed by atoms with E-state index in [4.69, 9.17) is 24.5 Å². The predicted molar refractivity (Wildman–Crippen MR) is 168 cm³/mol. The van der Waals surface area contributed by atoms with Crippen molar-refractivity contribution < 1.29 is 33.2 Å². The standard InChI is InChI=1S/C33H46BN3O7/c1-32(2)33(3,4)44-34(43-32)28(17-11-16-24-12-7-5-8-13-24)36-30(39)26(23-29(38)37-18-20-41-21-19-37)27(42-31(35)40)22-25-14-9-6-10-15-25/h5-10,12-15,26-28H,11,16-23H2,1-4H3,(H2,35,40)(H,36,39)/t26-,27?,28+/m1/s1. The second kappa shape index (κ2) is 15.1. The number of benzene rings is 2. The first-order valence-corrected chi connectivity index (χ1v) is 15.5. The number of morpholine rings is 1. The van der Waals surface area contributed by atoms with Gasteiger partial charge in [-0.15, -0.1) is 0 Å². The Kier molecular flexibility index (Phi) is 11.5. The molecule has 0 aromatic heterocycles. The molecule has 2 aromatic rings. The molecule has 10 nitrogen and oxygen atoms in total. The average Bonchev–Trinajstić information content (AvgIpc) is 3.22. The molecule has 2 aliphatic heterocycles. The predicted octanol–water partition coefficient (Wildman–Crippen LogP) is 3.70. The number of hydrogen-bond donors (Lipinski definition) is 2. The van der Waals surface area contributed by atoms with Gasteiger partial charge in [0.1, 0.15) is 6.10 Å². The highest BCUT2D eigenvalue weighted by Crippen LogP contribution is 2.38. The lowest BCUT2D eigenvalue weighted by molar-refractivity contribution is -0.142. The average molecular weight is 608 g/mol. The molecule has 3 amide bonds. The van der Waals surface area contributed by atoms with E-state index in [0.29, 0.717) is 32.7 Å². The smallest absolute Gasteiger partial charge is 0.445 e. The van der Waals surface area contributed by atoms with Crippen molar-refractivity contribution in [3.05, 3.63) is 71.8 Å². The van der Waals surface area contributed by atoms with E-state index < -0.39 is 48.3 Å². The van der Waals surface area contributed by atoms with E-state index in [1.165, 1.54) is 5.56 Å². The van der Waals surface area contributed by atoms with Gasteiger partial charge >= 0.3 is 13.2 Å². The van der Waals surface area contributed by atoms with Crippen molar-refractivity contribution in [2.45, 2.75) is 83.0 Å². The van der Waals surface area contributed by atoms with Gasteiger partial charge in [-0.25, -0.2) is 4.79 Å². The molecule has 0 bridgehead atoms.